The van der Waals surface area contributed by atoms with Gasteiger partial charge >= 0.3 is 0 Å². The van der Waals surface area contributed by atoms with Crippen molar-refractivity contribution in [1.82, 2.24) is 9.21 Å². The first-order valence-corrected chi connectivity index (χ1v) is 11.0. The molecule has 0 aromatic heterocycles. The normalized spacial score (nSPS) is 11.4. The molecule has 0 fully saturated rings. The molecule has 30 heavy (non-hydrogen) atoms. The van der Waals surface area contributed by atoms with Crippen LogP contribution in [0.1, 0.15) is 36.7 Å². The van der Waals surface area contributed by atoms with E-state index in [2.05, 4.69) is 5.32 Å². The van der Waals surface area contributed by atoms with Gasteiger partial charge in [-0.15, -0.1) is 0 Å². The summed E-state index contributed by atoms with van der Waals surface area (Å²) in [5, 5.41) is 2.59. The molecule has 0 saturated heterocycles. The van der Waals surface area contributed by atoms with Gasteiger partial charge in [-0.3, -0.25) is 9.59 Å². The molecule has 2 aromatic carbocycles. The summed E-state index contributed by atoms with van der Waals surface area (Å²) >= 11 is 0. The van der Waals surface area contributed by atoms with Crippen molar-refractivity contribution in [3.8, 4) is 0 Å². The van der Waals surface area contributed by atoms with Gasteiger partial charge < -0.3 is 10.2 Å². The van der Waals surface area contributed by atoms with Crippen molar-refractivity contribution in [3.63, 3.8) is 0 Å². The summed E-state index contributed by atoms with van der Waals surface area (Å²) in [6.07, 6.45) is 0. The lowest BCUT2D eigenvalue weighted by Crippen LogP contribution is -2.31. The zero-order valence-electron chi connectivity index (χ0n) is 17.5. The predicted octanol–water partition coefficient (Wildman–Crippen LogP) is 3.09. The van der Waals surface area contributed by atoms with Crippen LogP contribution in [0.5, 0.6) is 0 Å². The predicted molar refractivity (Wildman–Crippen MR) is 113 cm³/mol. The Balaban J connectivity index is 2.29. The van der Waals surface area contributed by atoms with Gasteiger partial charge in [-0.05, 0) is 35.9 Å². The van der Waals surface area contributed by atoms with E-state index in [0.717, 1.165) is 23.8 Å². The fourth-order valence-corrected chi connectivity index (χ4v) is 4.37. The second kappa shape index (κ2) is 9.82. The van der Waals surface area contributed by atoms with Gasteiger partial charge in [-0.1, -0.05) is 26.0 Å². The number of nitrogens with zero attached hydrogens (tertiary/aromatic N) is 2. The minimum Gasteiger partial charge on any atom is -0.342 e. The molecule has 7 nitrogen and oxygen atoms in total. The Labute approximate surface area is 176 Å². The second-order valence-electron chi connectivity index (χ2n) is 6.76. The third-order valence-electron chi connectivity index (χ3n) is 4.67. The largest absolute Gasteiger partial charge is 0.342 e. The fraction of sp³-hybridized carbons (Fsp3) is 0.333. The number of hydrogen-bond acceptors (Lipinski definition) is 4. The molecule has 1 N–H and O–H groups in total. The summed E-state index contributed by atoms with van der Waals surface area (Å²) in [6, 6.07) is 9.98. The van der Waals surface area contributed by atoms with E-state index >= 15 is 0 Å². The average molecular weight is 436 g/mol. The van der Waals surface area contributed by atoms with Crippen molar-refractivity contribution in [2.45, 2.75) is 32.2 Å². The van der Waals surface area contributed by atoms with Crippen LogP contribution in [-0.4, -0.2) is 49.6 Å². The number of halogens is 1. The molecule has 2 rings (SSSR count). The van der Waals surface area contributed by atoms with Gasteiger partial charge in [0.15, 0.2) is 0 Å². The van der Waals surface area contributed by atoms with Gasteiger partial charge in [-0.2, -0.15) is 4.31 Å². The fourth-order valence-electron chi connectivity index (χ4n) is 2.88. The topological polar surface area (TPSA) is 86.8 Å². The SMILES string of the molecule is CCN(CC)S(=O)(=O)c1ccc(F)c(C(=O)Nc2cccc(CN(C)C(C)=O)c2)c1. The van der Waals surface area contributed by atoms with E-state index in [9.17, 15) is 22.4 Å². The lowest BCUT2D eigenvalue weighted by atomic mass is 10.1. The van der Waals surface area contributed by atoms with Crippen molar-refractivity contribution < 1.29 is 22.4 Å². The Morgan fingerprint density at radius 3 is 2.33 bits per heavy atom. The van der Waals surface area contributed by atoms with Crippen LogP contribution in [0.15, 0.2) is 47.4 Å². The molecule has 0 radical (unpaired) electrons. The van der Waals surface area contributed by atoms with E-state index in [-0.39, 0.29) is 29.5 Å². The highest BCUT2D eigenvalue weighted by molar-refractivity contribution is 7.89. The van der Waals surface area contributed by atoms with Gasteiger partial charge in [0.25, 0.3) is 5.91 Å². The quantitative estimate of drug-likeness (QED) is 0.690. The second-order valence-corrected chi connectivity index (χ2v) is 8.70. The lowest BCUT2D eigenvalue weighted by molar-refractivity contribution is -0.128. The van der Waals surface area contributed by atoms with Crippen LogP contribution in [0.3, 0.4) is 0 Å². The molecule has 0 saturated carbocycles. The minimum atomic E-state index is -3.83. The molecule has 2 amide bonds. The van der Waals surface area contributed by atoms with E-state index in [0.29, 0.717) is 12.2 Å². The summed E-state index contributed by atoms with van der Waals surface area (Å²) in [5.74, 6) is -1.68. The zero-order valence-corrected chi connectivity index (χ0v) is 18.3. The molecule has 0 aliphatic rings. The number of rotatable bonds is 8. The smallest absolute Gasteiger partial charge is 0.258 e. The Kier molecular flexibility index (Phi) is 7.69. The summed E-state index contributed by atoms with van der Waals surface area (Å²) in [5.41, 5.74) is 0.823. The maximum atomic E-state index is 14.3. The highest BCUT2D eigenvalue weighted by Crippen LogP contribution is 2.21. The van der Waals surface area contributed by atoms with Crippen LogP contribution in [0.4, 0.5) is 10.1 Å². The third-order valence-corrected chi connectivity index (χ3v) is 6.71. The average Bonchev–Trinajstić information content (AvgIpc) is 2.69. The highest BCUT2D eigenvalue weighted by atomic mass is 32.2. The molecule has 0 heterocycles. The summed E-state index contributed by atoms with van der Waals surface area (Å²) in [7, 11) is -2.17. The van der Waals surface area contributed by atoms with Crippen molar-refractivity contribution in [1.29, 1.82) is 0 Å². The molecule has 9 heteroatoms. The van der Waals surface area contributed by atoms with Crippen LogP contribution in [0.2, 0.25) is 0 Å². The molecule has 2 aromatic rings. The highest BCUT2D eigenvalue weighted by Gasteiger charge is 2.24. The molecule has 162 valence electrons. The van der Waals surface area contributed by atoms with Crippen LogP contribution in [0.25, 0.3) is 0 Å². The van der Waals surface area contributed by atoms with Gasteiger partial charge in [-0.25, -0.2) is 12.8 Å². The summed E-state index contributed by atoms with van der Waals surface area (Å²) in [4.78, 5) is 25.4. The van der Waals surface area contributed by atoms with Crippen molar-refractivity contribution in [2.75, 3.05) is 25.5 Å². The van der Waals surface area contributed by atoms with Crippen LogP contribution >= 0.6 is 0 Å². The van der Waals surface area contributed by atoms with E-state index in [1.54, 1.807) is 45.2 Å². The van der Waals surface area contributed by atoms with E-state index < -0.39 is 21.7 Å². The van der Waals surface area contributed by atoms with Crippen LogP contribution in [0, 0.1) is 5.82 Å². The first-order chi connectivity index (χ1) is 14.1. The molecule has 0 spiro atoms. The van der Waals surface area contributed by atoms with E-state index in [1.165, 1.54) is 16.1 Å². The summed E-state index contributed by atoms with van der Waals surface area (Å²) < 4.78 is 40.9. The van der Waals surface area contributed by atoms with Crippen LogP contribution < -0.4 is 5.32 Å². The number of amides is 2. The molecular weight excluding hydrogens is 409 g/mol. The number of carbonyl (C=O) groups excluding carboxylic acids is 2. The maximum Gasteiger partial charge on any atom is 0.258 e. The van der Waals surface area contributed by atoms with E-state index in [4.69, 9.17) is 0 Å². The maximum absolute atomic E-state index is 14.3. The Bertz CT molecular complexity index is 1040. The molecular formula is C21H26FN3O4S. The van der Waals surface area contributed by atoms with Gasteiger partial charge in [0.1, 0.15) is 5.82 Å². The standard InChI is InChI=1S/C21H26FN3O4S/c1-5-25(6-2)30(28,29)18-10-11-20(22)19(13-18)21(27)23-17-9-7-8-16(12-17)14-24(4)15(3)26/h7-13H,5-6,14H2,1-4H3,(H,23,27). The van der Waals surface area contributed by atoms with Crippen molar-refractivity contribution in [3.05, 3.63) is 59.4 Å². The first-order valence-electron chi connectivity index (χ1n) is 9.51. The molecule has 0 aliphatic heterocycles. The van der Waals surface area contributed by atoms with Crippen molar-refractivity contribution in [2.24, 2.45) is 0 Å². The number of carbonyl (C=O) groups is 2. The Hall–Kier alpha value is -2.78. The summed E-state index contributed by atoms with van der Waals surface area (Å²) in [6.45, 7) is 5.74. The number of nitrogens with one attached hydrogen (secondary N) is 1. The number of benzene rings is 2. The lowest BCUT2D eigenvalue weighted by Gasteiger charge is -2.19. The van der Waals surface area contributed by atoms with Gasteiger partial charge in [0, 0.05) is 39.3 Å². The first kappa shape index (κ1) is 23.5. The van der Waals surface area contributed by atoms with Crippen LogP contribution in [-0.2, 0) is 21.4 Å². The molecule has 0 unspecified atom stereocenters. The minimum absolute atomic E-state index is 0.0993. The molecule has 0 atom stereocenters. The number of anilines is 1. The van der Waals surface area contributed by atoms with Crippen molar-refractivity contribution >= 4 is 27.5 Å². The zero-order chi connectivity index (χ0) is 22.5. The van der Waals surface area contributed by atoms with E-state index in [1.807, 2.05) is 0 Å². The number of hydrogen-bond donors (Lipinski definition) is 1. The third kappa shape index (κ3) is 5.43. The molecule has 0 bridgehead atoms. The Morgan fingerprint density at radius 1 is 1.07 bits per heavy atom. The number of sulfonamides is 1. The monoisotopic (exact) mass is 435 g/mol. The molecule has 0 aliphatic carbocycles. The Morgan fingerprint density at radius 2 is 1.73 bits per heavy atom. The van der Waals surface area contributed by atoms with Gasteiger partial charge in [0.2, 0.25) is 15.9 Å². The van der Waals surface area contributed by atoms with Gasteiger partial charge in [0.05, 0.1) is 10.5 Å².